The molecule has 1 unspecified atom stereocenters. The third-order valence-electron chi connectivity index (χ3n) is 2.30. The van der Waals surface area contributed by atoms with E-state index in [0.29, 0.717) is 6.54 Å². The van der Waals surface area contributed by atoms with Gasteiger partial charge in [-0.05, 0) is 12.3 Å². The van der Waals surface area contributed by atoms with E-state index in [9.17, 15) is 9.59 Å². The van der Waals surface area contributed by atoms with E-state index >= 15 is 0 Å². The van der Waals surface area contributed by atoms with Gasteiger partial charge in [0.25, 0.3) is 5.91 Å². The summed E-state index contributed by atoms with van der Waals surface area (Å²) in [5, 5.41) is 31.2. The second-order valence-corrected chi connectivity index (χ2v) is 4.53. The predicted octanol–water partition coefficient (Wildman–Crippen LogP) is 0.513. The summed E-state index contributed by atoms with van der Waals surface area (Å²) < 4.78 is 0. The van der Waals surface area contributed by atoms with Gasteiger partial charge >= 0.3 is 5.97 Å². The molecule has 7 nitrogen and oxygen atoms in total. The van der Waals surface area contributed by atoms with E-state index < -0.39 is 17.9 Å². The Balaban J connectivity index is 4.64. The van der Waals surface area contributed by atoms with Gasteiger partial charge in [0.15, 0.2) is 0 Å². The van der Waals surface area contributed by atoms with Crippen molar-refractivity contribution in [1.29, 1.82) is 10.5 Å². The van der Waals surface area contributed by atoms with Gasteiger partial charge in [-0.25, -0.2) is 4.79 Å². The van der Waals surface area contributed by atoms with Crippen LogP contribution in [0.1, 0.15) is 26.7 Å². The number of nitrogens with one attached hydrogen (secondary N) is 2. The quantitative estimate of drug-likeness (QED) is 0.337. The molecule has 0 aromatic heterocycles. The lowest BCUT2D eigenvalue weighted by atomic mass is 10.0. The molecule has 0 bridgehead atoms. The van der Waals surface area contributed by atoms with E-state index in [1.54, 1.807) is 6.07 Å². The highest BCUT2D eigenvalue weighted by Gasteiger charge is 2.22. The fraction of sp³-hybridized carbons (Fsp3) is 0.538. The minimum absolute atomic E-state index is 0.0969. The van der Waals surface area contributed by atoms with Crippen molar-refractivity contribution >= 4 is 11.9 Å². The van der Waals surface area contributed by atoms with E-state index in [-0.39, 0.29) is 24.3 Å². The van der Waals surface area contributed by atoms with E-state index in [2.05, 4.69) is 10.6 Å². The normalized spacial score (nSPS) is 12.2. The van der Waals surface area contributed by atoms with Gasteiger partial charge in [0, 0.05) is 12.7 Å². The van der Waals surface area contributed by atoms with Gasteiger partial charge in [0.1, 0.15) is 17.7 Å². The Morgan fingerprint density at radius 3 is 2.45 bits per heavy atom. The number of hydrogen-bond acceptors (Lipinski definition) is 5. The molecule has 0 fully saturated rings. The fourth-order valence-corrected chi connectivity index (χ4v) is 1.38. The van der Waals surface area contributed by atoms with Crippen molar-refractivity contribution in [2.45, 2.75) is 32.7 Å². The molecule has 108 valence electrons. The van der Waals surface area contributed by atoms with Gasteiger partial charge < -0.3 is 15.7 Å². The minimum Gasteiger partial charge on any atom is -0.480 e. The number of carbonyl (C=O) groups is 2. The van der Waals surface area contributed by atoms with Gasteiger partial charge in [0.05, 0.1) is 12.5 Å². The molecule has 1 atom stereocenters. The summed E-state index contributed by atoms with van der Waals surface area (Å²) in [6.45, 7) is 3.99. The molecule has 7 heteroatoms. The molecule has 0 spiro atoms. The van der Waals surface area contributed by atoms with Crippen molar-refractivity contribution in [2.75, 3.05) is 6.54 Å². The summed E-state index contributed by atoms with van der Waals surface area (Å²) in [4.78, 5) is 22.8. The van der Waals surface area contributed by atoms with E-state index in [4.69, 9.17) is 15.6 Å². The Hall–Kier alpha value is -2.54. The highest BCUT2D eigenvalue weighted by molar-refractivity contribution is 5.99. The maximum absolute atomic E-state index is 11.8. The van der Waals surface area contributed by atoms with Crippen LogP contribution in [0.4, 0.5) is 0 Å². The molecule has 0 aliphatic carbocycles. The number of amides is 1. The van der Waals surface area contributed by atoms with E-state index in [0.717, 1.165) is 0 Å². The van der Waals surface area contributed by atoms with Gasteiger partial charge in [-0.15, -0.1) is 0 Å². The second kappa shape index (κ2) is 9.40. The smallest absolute Gasteiger partial charge is 0.326 e. The first-order chi connectivity index (χ1) is 9.42. The zero-order valence-electron chi connectivity index (χ0n) is 11.5. The second-order valence-electron chi connectivity index (χ2n) is 4.53. The lowest BCUT2D eigenvalue weighted by Gasteiger charge is -2.16. The third kappa shape index (κ3) is 7.02. The van der Waals surface area contributed by atoms with Crippen LogP contribution in [0.25, 0.3) is 0 Å². The summed E-state index contributed by atoms with van der Waals surface area (Å²) in [6, 6.07) is 2.56. The molecule has 0 heterocycles. The van der Waals surface area contributed by atoms with E-state index in [1.165, 1.54) is 6.20 Å². The number of aliphatic carboxylic acids is 1. The molecule has 0 radical (unpaired) electrons. The van der Waals surface area contributed by atoms with Crippen LogP contribution in [-0.2, 0) is 9.59 Å². The topological polar surface area (TPSA) is 126 Å². The van der Waals surface area contributed by atoms with Crippen LogP contribution in [0, 0.1) is 28.6 Å². The van der Waals surface area contributed by atoms with Crippen molar-refractivity contribution in [3.8, 4) is 12.1 Å². The van der Waals surface area contributed by atoms with Crippen molar-refractivity contribution in [3.63, 3.8) is 0 Å². The molecule has 1 amide bonds. The lowest BCUT2D eigenvalue weighted by Crippen LogP contribution is -2.42. The van der Waals surface area contributed by atoms with Gasteiger partial charge in [-0.3, -0.25) is 4.79 Å². The maximum Gasteiger partial charge on any atom is 0.326 e. The molecular weight excluding hydrogens is 260 g/mol. The summed E-state index contributed by atoms with van der Waals surface area (Å²) >= 11 is 0. The molecule has 3 N–H and O–H groups in total. The van der Waals surface area contributed by atoms with Crippen LogP contribution >= 0.6 is 0 Å². The van der Waals surface area contributed by atoms with Gasteiger partial charge in [-0.2, -0.15) is 10.5 Å². The Labute approximate surface area is 117 Å². The molecular formula is C13H18N4O3. The van der Waals surface area contributed by atoms with Crippen molar-refractivity contribution in [3.05, 3.63) is 11.8 Å². The number of nitriles is 2. The molecule has 0 saturated carbocycles. The van der Waals surface area contributed by atoms with Crippen LogP contribution in [0.5, 0.6) is 0 Å². The molecule has 0 aliphatic rings. The lowest BCUT2D eigenvalue weighted by molar-refractivity contribution is -0.141. The number of carboxylic acid groups (broad SMARTS) is 1. The summed E-state index contributed by atoms with van der Waals surface area (Å²) in [5.74, 6) is -1.79. The van der Waals surface area contributed by atoms with Crippen LogP contribution in [0.15, 0.2) is 11.8 Å². The summed E-state index contributed by atoms with van der Waals surface area (Å²) in [5.41, 5.74) is -0.224. The molecule has 0 aromatic carbocycles. The zero-order chi connectivity index (χ0) is 15.5. The summed E-state index contributed by atoms with van der Waals surface area (Å²) in [7, 11) is 0. The Bertz CT molecular complexity index is 457. The average Bonchev–Trinajstić information content (AvgIpc) is 2.37. The highest BCUT2D eigenvalue weighted by atomic mass is 16.4. The number of nitrogens with zero attached hydrogens (tertiary/aromatic N) is 2. The zero-order valence-corrected chi connectivity index (χ0v) is 11.5. The first-order valence-electron chi connectivity index (χ1n) is 6.16. The van der Waals surface area contributed by atoms with Crippen molar-refractivity contribution < 1.29 is 14.7 Å². The first kappa shape index (κ1) is 17.5. The van der Waals surface area contributed by atoms with Crippen LogP contribution in [0.2, 0.25) is 0 Å². The Kier molecular flexibility index (Phi) is 8.20. The average molecular weight is 278 g/mol. The third-order valence-corrected chi connectivity index (χ3v) is 2.30. The van der Waals surface area contributed by atoms with Gasteiger partial charge in [-0.1, -0.05) is 13.8 Å². The SMILES string of the molecule is CC(C)CC(NC(=O)/C(C#N)=C\NCCC#N)C(=O)O. The first-order valence-corrected chi connectivity index (χ1v) is 6.16. The number of carboxylic acids is 1. The summed E-state index contributed by atoms with van der Waals surface area (Å²) in [6.07, 6.45) is 1.70. The Morgan fingerprint density at radius 1 is 1.35 bits per heavy atom. The van der Waals surface area contributed by atoms with Crippen molar-refractivity contribution in [2.24, 2.45) is 5.92 Å². The standard InChI is InChI=1S/C13H18N4O3/c1-9(2)6-11(13(19)20)17-12(18)10(7-15)8-16-5-3-4-14/h8-9,11,16H,3,5-6H2,1-2H3,(H,17,18)(H,19,20)/b10-8-. The molecule has 20 heavy (non-hydrogen) atoms. The fourth-order valence-electron chi connectivity index (χ4n) is 1.38. The van der Waals surface area contributed by atoms with E-state index in [1.807, 2.05) is 19.9 Å². The Morgan fingerprint density at radius 2 is 2.00 bits per heavy atom. The van der Waals surface area contributed by atoms with Crippen LogP contribution < -0.4 is 10.6 Å². The van der Waals surface area contributed by atoms with Crippen LogP contribution in [-0.4, -0.2) is 29.6 Å². The highest BCUT2D eigenvalue weighted by Crippen LogP contribution is 2.06. The molecule has 0 aromatic rings. The molecule has 0 rings (SSSR count). The molecule has 0 saturated heterocycles. The molecule has 0 aliphatic heterocycles. The number of rotatable bonds is 8. The minimum atomic E-state index is -1.14. The predicted molar refractivity (Wildman–Crippen MR) is 71.0 cm³/mol. The largest absolute Gasteiger partial charge is 0.480 e. The van der Waals surface area contributed by atoms with Crippen LogP contribution in [0.3, 0.4) is 0 Å². The monoisotopic (exact) mass is 278 g/mol. The maximum atomic E-state index is 11.8. The number of carbonyl (C=O) groups excluding carboxylic acids is 1. The van der Waals surface area contributed by atoms with Gasteiger partial charge in [0.2, 0.25) is 0 Å². The number of hydrogen-bond donors (Lipinski definition) is 3. The van der Waals surface area contributed by atoms with Crippen molar-refractivity contribution in [1.82, 2.24) is 10.6 Å².